The highest BCUT2D eigenvalue weighted by Gasteiger charge is 2.17. The molecule has 0 saturated heterocycles. The molecule has 0 saturated carbocycles. The summed E-state index contributed by atoms with van der Waals surface area (Å²) >= 11 is 8.54. The van der Waals surface area contributed by atoms with Crippen LogP contribution in [0.3, 0.4) is 0 Å². The van der Waals surface area contributed by atoms with E-state index in [0.717, 1.165) is 16.1 Å². The van der Waals surface area contributed by atoms with Gasteiger partial charge in [0.25, 0.3) is 0 Å². The van der Waals surface area contributed by atoms with Gasteiger partial charge in [-0.1, -0.05) is 23.7 Å². The number of nitrogens with zero attached hydrogens (tertiary/aromatic N) is 3. The van der Waals surface area contributed by atoms with Crippen LogP contribution < -0.4 is 0 Å². The van der Waals surface area contributed by atoms with Crippen molar-refractivity contribution in [2.24, 2.45) is 12.0 Å². The van der Waals surface area contributed by atoms with E-state index in [1.165, 1.54) is 22.7 Å². The molecule has 3 aromatic heterocycles. The SMILES string of the molecule is CC(=NCC(=O)c1ccc(C(=O)CCc2cn(C)cn2)s1)c1csc(-c2ccc(Cl)cc2)c1O. The van der Waals surface area contributed by atoms with Gasteiger partial charge in [0.1, 0.15) is 12.3 Å². The Morgan fingerprint density at radius 3 is 2.50 bits per heavy atom. The van der Waals surface area contributed by atoms with Gasteiger partial charge in [0, 0.05) is 41.3 Å². The Balaban J connectivity index is 1.38. The van der Waals surface area contributed by atoms with Crippen molar-refractivity contribution in [3.05, 3.63) is 80.3 Å². The zero-order valence-corrected chi connectivity index (χ0v) is 21.0. The van der Waals surface area contributed by atoms with Crippen molar-refractivity contribution in [1.82, 2.24) is 9.55 Å². The average Bonchev–Trinajstić information content (AvgIpc) is 3.56. The Morgan fingerprint density at radius 1 is 1.12 bits per heavy atom. The Hall–Kier alpha value is -3.07. The highest BCUT2D eigenvalue weighted by molar-refractivity contribution is 7.16. The van der Waals surface area contributed by atoms with Crippen molar-refractivity contribution in [3.8, 4) is 16.2 Å². The second kappa shape index (κ2) is 10.5. The van der Waals surface area contributed by atoms with E-state index in [1.54, 1.807) is 37.5 Å². The number of hydrogen-bond acceptors (Lipinski definition) is 7. The minimum Gasteiger partial charge on any atom is -0.506 e. The second-order valence-corrected chi connectivity index (χ2v) is 10.2. The molecule has 0 aliphatic carbocycles. The Kier molecular flexibility index (Phi) is 7.41. The van der Waals surface area contributed by atoms with E-state index in [0.29, 0.717) is 38.9 Å². The van der Waals surface area contributed by atoms with Gasteiger partial charge >= 0.3 is 0 Å². The molecule has 0 atom stereocenters. The lowest BCUT2D eigenvalue weighted by Crippen LogP contribution is -2.04. The van der Waals surface area contributed by atoms with Crippen LogP contribution in [0.15, 0.2) is 59.3 Å². The first-order valence-corrected chi connectivity index (χ1v) is 12.6. The zero-order valence-electron chi connectivity index (χ0n) is 18.6. The van der Waals surface area contributed by atoms with Crippen molar-refractivity contribution in [2.75, 3.05) is 6.54 Å². The monoisotopic (exact) mass is 511 g/mol. The minimum absolute atomic E-state index is 0.00712. The fourth-order valence-corrected chi connectivity index (χ4v) is 5.41. The molecule has 6 nitrogen and oxygen atoms in total. The third-order valence-electron chi connectivity index (χ3n) is 5.24. The maximum atomic E-state index is 12.6. The third-order valence-corrected chi connectivity index (χ3v) is 7.68. The number of benzene rings is 1. The summed E-state index contributed by atoms with van der Waals surface area (Å²) in [5.74, 6) is -0.0361. The van der Waals surface area contributed by atoms with Crippen molar-refractivity contribution < 1.29 is 14.7 Å². The van der Waals surface area contributed by atoms with E-state index in [2.05, 4.69) is 9.98 Å². The normalized spacial score (nSPS) is 11.7. The van der Waals surface area contributed by atoms with Crippen LogP contribution in [0, 0.1) is 0 Å². The number of hydrogen-bond donors (Lipinski definition) is 1. The average molecular weight is 512 g/mol. The van der Waals surface area contributed by atoms with Crippen LogP contribution >= 0.6 is 34.3 Å². The molecule has 34 heavy (non-hydrogen) atoms. The first-order chi connectivity index (χ1) is 16.3. The number of rotatable bonds is 9. The molecule has 0 amide bonds. The van der Waals surface area contributed by atoms with Crippen molar-refractivity contribution >= 4 is 51.6 Å². The molecular weight excluding hydrogens is 490 g/mol. The number of halogens is 1. The van der Waals surface area contributed by atoms with Gasteiger partial charge < -0.3 is 9.67 Å². The van der Waals surface area contributed by atoms with Crippen LogP contribution in [-0.2, 0) is 13.5 Å². The first kappa shape index (κ1) is 24.1. The fraction of sp³-hybridized carbons (Fsp3) is 0.200. The second-order valence-electron chi connectivity index (χ2n) is 7.78. The lowest BCUT2D eigenvalue weighted by molar-refractivity contribution is 0.0984. The summed E-state index contributed by atoms with van der Waals surface area (Å²) in [6.07, 6.45) is 4.50. The number of carbonyl (C=O) groups is 2. The summed E-state index contributed by atoms with van der Waals surface area (Å²) < 4.78 is 1.85. The zero-order chi connectivity index (χ0) is 24.2. The number of carbonyl (C=O) groups excluding carboxylic acids is 2. The number of aryl methyl sites for hydroxylation is 2. The van der Waals surface area contributed by atoms with Gasteiger partial charge in [0.2, 0.25) is 0 Å². The number of ketones is 2. The number of aromatic hydroxyl groups is 1. The van der Waals surface area contributed by atoms with Gasteiger partial charge in [-0.15, -0.1) is 22.7 Å². The molecule has 3 heterocycles. The van der Waals surface area contributed by atoms with Crippen LogP contribution in [0.1, 0.15) is 43.9 Å². The van der Waals surface area contributed by atoms with Crippen LogP contribution in [0.2, 0.25) is 5.02 Å². The van der Waals surface area contributed by atoms with Gasteiger partial charge in [-0.25, -0.2) is 4.98 Å². The molecule has 0 aliphatic heterocycles. The molecule has 9 heteroatoms. The third kappa shape index (κ3) is 5.52. The van der Waals surface area contributed by atoms with E-state index in [4.69, 9.17) is 11.6 Å². The van der Waals surface area contributed by atoms with Crippen molar-refractivity contribution in [2.45, 2.75) is 19.8 Å². The smallest absolute Gasteiger partial charge is 0.194 e. The lowest BCUT2D eigenvalue weighted by Gasteiger charge is -2.02. The number of imidazole rings is 1. The summed E-state index contributed by atoms with van der Waals surface area (Å²) in [5.41, 5.74) is 2.90. The first-order valence-electron chi connectivity index (χ1n) is 10.5. The molecular formula is C25H22ClN3O3S2. The molecule has 0 spiro atoms. The van der Waals surface area contributed by atoms with Gasteiger partial charge in [0.05, 0.1) is 26.7 Å². The molecule has 4 aromatic rings. The van der Waals surface area contributed by atoms with Crippen LogP contribution in [-0.4, -0.2) is 38.5 Å². The lowest BCUT2D eigenvalue weighted by atomic mass is 10.1. The number of aliphatic imine (C=N–C) groups is 1. The van der Waals surface area contributed by atoms with Crippen LogP contribution in [0.25, 0.3) is 10.4 Å². The summed E-state index contributed by atoms with van der Waals surface area (Å²) in [7, 11) is 1.89. The van der Waals surface area contributed by atoms with E-state index in [-0.39, 0.29) is 23.9 Å². The van der Waals surface area contributed by atoms with Crippen molar-refractivity contribution in [1.29, 1.82) is 0 Å². The Morgan fingerprint density at radius 2 is 1.82 bits per heavy atom. The summed E-state index contributed by atoms with van der Waals surface area (Å²) in [6, 6.07) is 10.6. The molecule has 4 rings (SSSR count). The van der Waals surface area contributed by atoms with Crippen LogP contribution in [0.4, 0.5) is 0 Å². The van der Waals surface area contributed by atoms with Gasteiger partial charge in [-0.05, 0) is 43.2 Å². The Bertz CT molecular complexity index is 1370. The van der Waals surface area contributed by atoms with Gasteiger partial charge in [-0.2, -0.15) is 0 Å². The molecule has 0 aliphatic rings. The molecule has 174 valence electrons. The topological polar surface area (TPSA) is 84.5 Å². The summed E-state index contributed by atoms with van der Waals surface area (Å²) in [4.78, 5) is 35.5. The van der Waals surface area contributed by atoms with Crippen molar-refractivity contribution in [3.63, 3.8) is 0 Å². The molecule has 0 fully saturated rings. The van der Waals surface area contributed by atoms with E-state index in [1.807, 2.05) is 35.3 Å². The quantitative estimate of drug-likeness (QED) is 0.218. The number of thiophene rings is 2. The van der Waals surface area contributed by atoms with E-state index < -0.39 is 0 Å². The molecule has 0 unspecified atom stereocenters. The maximum Gasteiger partial charge on any atom is 0.194 e. The van der Waals surface area contributed by atoms with Gasteiger partial charge in [-0.3, -0.25) is 14.6 Å². The summed E-state index contributed by atoms with van der Waals surface area (Å²) in [5, 5.41) is 13.1. The van der Waals surface area contributed by atoms with E-state index in [9.17, 15) is 14.7 Å². The largest absolute Gasteiger partial charge is 0.506 e. The number of Topliss-reactive ketones (excluding diaryl/α,β-unsaturated/α-hetero) is 2. The predicted octanol–water partition coefficient (Wildman–Crippen LogP) is 6.08. The molecule has 0 bridgehead atoms. The summed E-state index contributed by atoms with van der Waals surface area (Å²) in [6.45, 7) is 1.71. The molecule has 1 N–H and O–H groups in total. The minimum atomic E-state index is -0.166. The standard InChI is InChI=1S/C25H22ClN3O3S2/c1-15(19-13-33-25(24(19)32)16-3-5-17(26)6-4-16)27-11-21(31)23-10-9-22(34-23)20(30)8-7-18-12-29(2)14-28-18/h3-6,9-10,12-14,32H,7-8,11H2,1-2H3. The maximum absolute atomic E-state index is 12.6. The highest BCUT2D eigenvalue weighted by atomic mass is 35.5. The molecule has 0 radical (unpaired) electrons. The van der Waals surface area contributed by atoms with Gasteiger partial charge in [0.15, 0.2) is 11.6 Å². The predicted molar refractivity (Wildman–Crippen MR) is 138 cm³/mol. The van der Waals surface area contributed by atoms with E-state index >= 15 is 0 Å². The molecule has 1 aromatic carbocycles. The highest BCUT2D eigenvalue weighted by Crippen LogP contribution is 2.39. The Labute approximate surface area is 210 Å². The number of aromatic nitrogens is 2. The van der Waals surface area contributed by atoms with Crippen LogP contribution in [0.5, 0.6) is 5.75 Å². The fourth-order valence-electron chi connectivity index (χ4n) is 3.37.